The van der Waals surface area contributed by atoms with Gasteiger partial charge in [-0.1, -0.05) is 0 Å². The van der Waals surface area contributed by atoms with Crippen LogP contribution in [0.15, 0.2) is 11.0 Å². The monoisotopic (exact) mass is 278 g/mol. The second-order valence-electron chi connectivity index (χ2n) is 4.47. The summed E-state index contributed by atoms with van der Waals surface area (Å²) in [5.41, 5.74) is -2.75. The number of hydrogen-bond donors (Lipinski definition) is 3. The zero-order chi connectivity index (χ0) is 14.4. The third-order valence-corrected chi connectivity index (χ3v) is 3.07. The predicted octanol–water partition coefficient (Wildman–Crippen LogP) is -0.933. The first-order valence-corrected chi connectivity index (χ1v) is 5.38. The molecule has 0 radical (unpaired) electrons. The van der Waals surface area contributed by atoms with Crippen LogP contribution in [0.3, 0.4) is 0 Å². The normalized spacial score (nSPS) is 34.7. The summed E-state index contributed by atoms with van der Waals surface area (Å²) in [5.74, 6) is -2.34. The summed E-state index contributed by atoms with van der Waals surface area (Å²) in [6, 6.07) is 0. The van der Waals surface area contributed by atoms with Gasteiger partial charge in [0.2, 0.25) is 5.82 Å². The van der Waals surface area contributed by atoms with Crippen LogP contribution in [0.2, 0.25) is 0 Å². The van der Waals surface area contributed by atoms with Crippen LogP contribution in [0.1, 0.15) is 13.2 Å². The maximum atomic E-state index is 13.9. The molecule has 0 spiro atoms. The molecule has 9 heteroatoms. The highest BCUT2D eigenvalue weighted by Gasteiger charge is 2.53. The zero-order valence-corrected chi connectivity index (χ0v) is 9.83. The number of aliphatic hydroxyl groups excluding tert-OH is 2. The van der Waals surface area contributed by atoms with E-state index in [0.717, 1.165) is 0 Å². The molecule has 0 amide bonds. The Morgan fingerprint density at radius 3 is 2.79 bits per heavy atom. The molecule has 106 valence electrons. The van der Waals surface area contributed by atoms with Crippen molar-refractivity contribution in [3.05, 3.63) is 22.5 Å². The van der Waals surface area contributed by atoms with E-state index in [1.807, 2.05) is 0 Å². The van der Waals surface area contributed by atoms with Gasteiger partial charge >= 0.3 is 5.69 Å². The molecule has 1 aliphatic rings. The standard InChI is InChI=1S/C10H12F2N2O5/c1-10(3-15)6(16)5(12)8(19-10)14-2-4(11)7(17)13-9(14)18/h2,5-6,8,15-16H,3H2,1H3,(H,13,17,18). The number of nitrogens with zero attached hydrogens (tertiary/aromatic N) is 2. The Labute approximate surface area is 105 Å². The molecule has 2 rings (SSSR count). The van der Waals surface area contributed by atoms with Gasteiger partial charge in [0.25, 0.3) is 5.88 Å². The lowest BCUT2D eigenvalue weighted by Crippen LogP contribution is -2.42. The fourth-order valence-corrected chi connectivity index (χ4v) is 1.86. The second-order valence-corrected chi connectivity index (χ2v) is 4.47. The van der Waals surface area contributed by atoms with Crippen LogP contribution in [0.5, 0.6) is 5.88 Å². The molecule has 0 aliphatic carbocycles. The fourth-order valence-electron chi connectivity index (χ4n) is 1.86. The molecule has 19 heavy (non-hydrogen) atoms. The average Bonchev–Trinajstić information content (AvgIpc) is 2.59. The largest absolute Gasteiger partial charge is 0.491 e. The molecule has 1 fully saturated rings. The molecule has 0 aromatic carbocycles. The zero-order valence-electron chi connectivity index (χ0n) is 9.83. The Bertz CT molecular complexity index is 551. The van der Waals surface area contributed by atoms with Gasteiger partial charge in [0, 0.05) is 0 Å². The first kappa shape index (κ1) is 13.8. The van der Waals surface area contributed by atoms with Crippen molar-refractivity contribution < 1.29 is 28.8 Å². The first-order chi connectivity index (χ1) is 8.80. The highest BCUT2D eigenvalue weighted by Crippen LogP contribution is 2.38. The minimum absolute atomic E-state index is 0.476. The van der Waals surface area contributed by atoms with Crippen LogP contribution < -0.4 is 5.69 Å². The van der Waals surface area contributed by atoms with Gasteiger partial charge in [0.15, 0.2) is 12.4 Å². The maximum absolute atomic E-state index is 13.9. The molecular formula is C10H12F2N2O5. The minimum Gasteiger partial charge on any atom is -0.491 e. The van der Waals surface area contributed by atoms with E-state index in [0.29, 0.717) is 10.8 Å². The third-order valence-electron chi connectivity index (χ3n) is 3.07. The number of aliphatic hydroxyl groups is 2. The van der Waals surface area contributed by atoms with E-state index in [9.17, 15) is 18.7 Å². The molecule has 1 aromatic heterocycles. The van der Waals surface area contributed by atoms with Crippen LogP contribution >= 0.6 is 0 Å². The molecule has 2 heterocycles. The summed E-state index contributed by atoms with van der Waals surface area (Å²) in [4.78, 5) is 14.4. The lowest BCUT2D eigenvalue weighted by atomic mass is 9.99. The number of aromatic nitrogens is 2. The minimum atomic E-state index is -2.06. The van der Waals surface area contributed by atoms with E-state index >= 15 is 0 Å². The van der Waals surface area contributed by atoms with Crippen LogP contribution in [-0.4, -0.2) is 49.4 Å². The van der Waals surface area contributed by atoms with Crippen LogP contribution in [-0.2, 0) is 4.74 Å². The number of rotatable bonds is 2. The summed E-state index contributed by atoms with van der Waals surface area (Å²) in [5, 5.41) is 27.6. The molecule has 3 N–H and O–H groups in total. The van der Waals surface area contributed by atoms with E-state index in [-0.39, 0.29) is 0 Å². The van der Waals surface area contributed by atoms with E-state index in [2.05, 4.69) is 4.98 Å². The molecule has 1 saturated heterocycles. The topological polar surface area (TPSA) is 105 Å². The summed E-state index contributed by atoms with van der Waals surface area (Å²) in [6.45, 7) is 0.563. The van der Waals surface area contributed by atoms with Crippen molar-refractivity contribution in [2.24, 2.45) is 0 Å². The van der Waals surface area contributed by atoms with Crippen LogP contribution in [0, 0.1) is 5.82 Å². The Balaban J connectivity index is 2.44. The smallest absolute Gasteiger partial charge is 0.353 e. The maximum Gasteiger partial charge on any atom is 0.353 e. The predicted molar refractivity (Wildman–Crippen MR) is 56.6 cm³/mol. The van der Waals surface area contributed by atoms with Crippen LogP contribution in [0.4, 0.5) is 8.78 Å². The SMILES string of the molecule is CC1(CO)OC(n2cc(F)c(O)nc2=O)C(F)C1O. The van der Waals surface area contributed by atoms with Gasteiger partial charge in [-0.25, -0.2) is 9.18 Å². The van der Waals surface area contributed by atoms with E-state index in [1.165, 1.54) is 6.92 Å². The van der Waals surface area contributed by atoms with Crippen molar-refractivity contribution in [2.45, 2.75) is 31.0 Å². The lowest BCUT2D eigenvalue weighted by molar-refractivity contribution is -0.117. The summed E-state index contributed by atoms with van der Waals surface area (Å²) in [6.07, 6.45) is -4.85. The quantitative estimate of drug-likeness (QED) is 0.645. The van der Waals surface area contributed by atoms with Gasteiger partial charge in [0.1, 0.15) is 11.7 Å². The molecule has 1 aromatic rings. The summed E-state index contributed by atoms with van der Waals surface area (Å²) in [7, 11) is 0. The van der Waals surface area contributed by atoms with Crippen molar-refractivity contribution in [1.29, 1.82) is 0 Å². The molecule has 4 atom stereocenters. The highest BCUT2D eigenvalue weighted by atomic mass is 19.1. The van der Waals surface area contributed by atoms with Crippen molar-refractivity contribution in [3.8, 4) is 5.88 Å². The Kier molecular flexibility index (Phi) is 3.29. The number of hydrogen-bond acceptors (Lipinski definition) is 6. The second kappa shape index (κ2) is 4.51. The summed E-state index contributed by atoms with van der Waals surface area (Å²) >= 11 is 0. The number of aromatic hydroxyl groups is 1. The average molecular weight is 278 g/mol. The molecular weight excluding hydrogens is 266 g/mol. The lowest BCUT2D eigenvalue weighted by Gasteiger charge is -2.24. The third kappa shape index (κ3) is 2.09. The Morgan fingerprint density at radius 1 is 1.63 bits per heavy atom. The van der Waals surface area contributed by atoms with Gasteiger partial charge in [-0.15, -0.1) is 0 Å². The number of ether oxygens (including phenoxy) is 1. The van der Waals surface area contributed by atoms with Gasteiger partial charge in [-0.05, 0) is 6.92 Å². The number of alkyl halides is 1. The van der Waals surface area contributed by atoms with E-state index in [1.54, 1.807) is 0 Å². The molecule has 0 saturated carbocycles. The fraction of sp³-hybridized carbons (Fsp3) is 0.600. The molecule has 1 aliphatic heterocycles. The van der Waals surface area contributed by atoms with E-state index < -0.39 is 48.1 Å². The van der Waals surface area contributed by atoms with Crippen molar-refractivity contribution in [2.75, 3.05) is 6.61 Å². The van der Waals surface area contributed by atoms with Crippen molar-refractivity contribution in [3.63, 3.8) is 0 Å². The molecule has 0 bridgehead atoms. The molecule has 4 unspecified atom stereocenters. The van der Waals surface area contributed by atoms with Gasteiger partial charge in [-0.3, -0.25) is 4.57 Å². The first-order valence-electron chi connectivity index (χ1n) is 5.38. The number of halogens is 2. The van der Waals surface area contributed by atoms with Gasteiger partial charge in [0.05, 0.1) is 12.8 Å². The van der Waals surface area contributed by atoms with Crippen molar-refractivity contribution in [1.82, 2.24) is 9.55 Å². The van der Waals surface area contributed by atoms with Gasteiger partial charge in [-0.2, -0.15) is 9.37 Å². The Hall–Kier alpha value is -1.58. The van der Waals surface area contributed by atoms with E-state index in [4.69, 9.17) is 14.9 Å². The molecule has 7 nitrogen and oxygen atoms in total. The Morgan fingerprint density at radius 2 is 2.26 bits per heavy atom. The summed E-state index contributed by atoms with van der Waals surface area (Å²) < 4.78 is 32.6. The van der Waals surface area contributed by atoms with Gasteiger partial charge < -0.3 is 20.1 Å². The highest BCUT2D eigenvalue weighted by molar-refractivity contribution is 5.08. The van der Waals surface area contributed by atoms with Crippen molar-refractivity contribution >= 4 is 0 Å². The van der Waals surface area contributed by atoms with Crippen LogP contribution in [0.25, 0.3) is 0 Å².